The highest BCUT2D eigenvalue weighted by Gasteiger charge is 2.16. The zero-order valence-corrected chi connectivity index (χ0v) is 13.6. The first kappa shape index (κ1) is 16.2. The number of carbonyl (C=O) groups excluding carboxylic acids is 1. The zero-order valence-electron chi connectivity index (χ0n) is 12.8. The van der Waals surface area contributed by atoms with Crippen LogP contribution in [0.15, 0.2) is 36.4 Å². The Morgan fingerprint density at radius 2 is 1.95 bits per heavy atom. The SMILES string of the molecule is Cc1ccc(C)c(O[C@H](C)C(=O)Nc2ccc(Cl)c(N)c2)c1. The van der Waals surface area contributed by atoms with Gasteiger partial charge in [0.2, 0.25) is 0 Å². The van der Waals surface area contributed by atoms with Gasteiger partial charge < -0.3 is 15.8 Å². The molecule has 0 saturated carbocycles. The summed E-state index contributed by atoms with van der Waals surface area (Å²) in [5.41, 5.74) is 8.79. The lowest BCUT2D eigenvalue weighted by atomic mass is 10.1. The number of hydrogen-bond donors (Lipinski definition) is 2. The first-order valence-corrected chi connectivity index (χ1v) is 7.34. The van der Waals surface area contributed by atoms with E-state index in [9.17, 15) is 4.79 Å². The van der Waals surface area contributed by atoms with Crippen LogP contribution in [0.3, 0.4) is 0 Å². The second-order valence-corrected chi connectivity index (χ2v) is 5.66. The molecule has 0 aliphatic rings. The molecule has 2 aromatic carbocycles. The van der Waals surface area contributed by atoms with Gasteiger partial charge in [-0.05, 0) is 56.2 Å². The lowest BCUT2D eigenvalue weighted by molar-refractivity contribution is -0.122. The van der Waals surface area contributed by atoms with E-state index >= 15 is 0 Å². The monoisotopic (exact) mass is 318 g/mol. The van der Waals surface area contributed by atoms with Crippen LogP contribution in [0.2, 0.25) is 5.02 Å². The maximum Gasteiger partial charge on any atom is 0.265 e. The Bertz CT molecular complexity index is 701. The van der Waals surface area contributed by atoms with Gasteiger partial charge in [0.05, 0.1) is 10.7 Å². The second-order valence-electron chi connectivity index (χ2n) is 5.25. The van der Waals surface area contributed by atoms with Crippen LogP contribution >= 0.6 is 11.6 Å². The van der Waals surface area contributed by atoms with Crippen molar-refractivity contribution in [3.05, 3.63) is 52.5 Å². The lowest BCUT2D eigenvalue weighted by Crippen LogP contribution is -2.30. The smallest absolute Gasteiger partial charge is 0.265 e. The molecular weight excluding hydrogens is 300 g/mol. The molecular formula is C17H19ClN2O2. The minimum absolute atomic E-state index is 0.248. The van der Waals surface area contributed by atoms with Gasteiger partial charge in [-0.2, -0.15) is 0 Å². The Labute approximate surface area is 135 Å². The third kappa shape index (κ3) is 3.92. The summed E-state index contributed by atoms with van der Waals surface area (Å²) in [6.07, 6.45) is -0.627. The molecule has 116 valence electrons. The first-order chi connectivity index (χ1) is 10.4. The number of nitrogen functional groups attached to an aromatic ring is 1. The average molecular weight is 319 g/mol. The number of ether oxygens (including phenoxy) is 1. The van der Waals surface area contributed by atoms with Gasteiger partial charge in [-0.15, -0.1) is 0 Å². The van der Waals surface area contributed by atoms with Gasteiger partial charge in [-0.1, -0.05) is 23.7 Å². The molecule has 4 nitrogen and oxygen atoms in total. The molecule has 0 spiro atoms. The van der Waals surface area contributed by atoms with Crippen molar-refractivity contribution in [1.82, 2.24) is 0 Å². The molecule has 5 heteroatoms. The van der Waals surface area contributed by atoms with Crippen molar-refractivity contribution in [2.24, 2.45) is 0 Å². The molecule has 2 aromatic rings. The summed E-state index contributed by atoms with van der Waals surface area (Å²) in [5, 5.41) is 3.22. The highest BCUT2D eigenvalue weighted by Crippen LogP contribution is 2.23. The van der Waals surface area contributed by atoms with Crippen molar-refractivity contribution in [2.75, 3.05) is 11.1 Å². The van der Waals surface area contributed by atoms with E-state index in [1.54, 1.807) is 25.1 Å². The van der Waals surface area contributed by atoms with Crippen molar-refractivity contribution < 1.29 is 9.53 Å². The van der Waals surface area contributed by atoms with Crippen LogP contribution in [0.4, 0.5) is 11.4 Å². The number of aryl methyl sites for hydroxylation is 2. The van der Waals surface area contributed by atoms with Gasteiger partial charge in [-0.25, -0.2) is 0 Å². The summed E-state index contributed by atoms with van der Waals surface area (Å²) in [7, 11) is 0. The van der Waals surface area contributed by atoms with E-state index in [1.807, 2.05) is 32.0 Å². The average Bonchev–Trinajstić information content (AvgIpc) is 2.46. The minimum Gasteiger partial charge on any atom is -0.481 e. The quantitative estimate of drug-likeness (QED) is 0.839. The summed E-state index contributed by atoms with van der Waals surface area (Å²) in [4.78, 5) is 12.2. The Morgan fingerprint density at radius 1 is 1.23 bits per heavy atom. The molecule has 22 heavy (non-hydrogen) atoms. The van der Waals surface area contributed by atoms with Gasteiger partial charge in [0.15, 0.2) is 6.10 Å². The number of rotatable bonds is 4. The number of benzene rings is 2. The summed E-state index contributed by atoms with van der Waals surface area (Å²) >= 11 is 5.86. The second kappa shape index (κ2) is 6.71. The van der Waals surface area contributed by atoms with Crippen LogP contribution < -0.4 is 15.8 Å². The molecule has 0 bridgehead atoms. The fraction of sp³-hybridized carbons (Fsp3) is 0.235. The van der Waals surface area contributed by atoms with E-state index in [0.717, 1.165) is 11.1 Å². The molecule has 0 aromatic heterocycles. The molecule has 2 rings (SSSR count). The number of nitrogens with one attached hydrogen (secondary N) is 1. The Kier molecular flexibility index (Phi) is 4.93. The number of amides is 1. The van der Waals surface area contributed by atoms with Gasteiger partial charge in [0.1, 0.15) is 5.75 Å². The molecule has 3 N–H and O–H groups in total. The number of anilines is 2. The number of carbonyl (C=O) groups is 1. The van der Waals surface area contributed by atoms with E-state index in [-0.39, 0.29) is 5.91 Å². The standard InChI is InChI=1S/C17H19ClN2O2/c1-10-4-5-11(2)16(8-10)22-12(3)17(21)20-13-6-7-14(18)15(19)9-13/h4-9,12H,19H2,1-3H3,(H,20,21)/t12-/m1/s1. The van der Waals surface area contributed by atoms with Crippen LogP contribution in [0, 0.1) is 13.8 Å². The van der Waals surface area contributed by atoms with Crippen LogP contribution in [-0.4, -0.2) is 12.0 Å². The van der Waals surface area contributed by atoms with Gasteiger partial charge in [-0.3, -0.25) is 4.79 Å². The largest absolute Gasteiger partial charge is 0.481 e. The lowest BCUT2D eigenvalue weighted by Gasteiger charge is -2.17. The molecule has 0 fully saturated rings. The van der Waals surface area contributed by atoms with Gasteiger partial charge >= 0.3 is 0 Å². The normalized spacial score (nSPS) is 11.8. The van der Waals surface area contributed by atoms with Crippen LogP contribution in [0.1, 0.15) is 18.1 Å². The highest BCUT2D eigenvalue weighted by molar-refractivity contribution is 6.33. The molecule has 1 atom stereocenters. The van der Waals surface area contributed by atoms with Crippen LogP contribution in [0.25, 0.3) is 0 Å². The van der Waals surface area contributed by atoms with Crippen molar-refractivity contribution in [3.63, 3.8) is 0 Å². The van der Waals surface area contributed by atoms with Crippen molar-refractivity contribution in [3.8, 4) is 5.75 Å². The van der Waals surface area contributed by atoms with Crippen molar-refractivity contribution >= 4 is 28.9 Å². The predicted octanol–water partition coefficient (Wildman–Crippen LogP) is 3.95. The Hall–Kier alpha value is -2.20. The molecule has 0 aliphatic heterocycles. The van der Waals surface area contributed by atoms with Crippen LogP contribution in [-0.2, 0) is 4.79 Å². The van der Waals surface area contributed by atoms with Gasteiger partial charge in [0, 0.05) is 5.69 Å². The van der Waals surface area contributed by atoms with E-state index < -0.39 is 6.10 Å². The third-order valence-corrected chi connectivity index (χ3v) is 3.62. The summed E-state index contributed by atoms with van der Waals surface area (Å²) in [6.45, 7) is 5.63. The number of nitrogens with two attached hydrogens (primary N) is 1. The maximum absolute atomic E-state index is 12.2. The van der Waals surface area contributed by atoms with E-state index in [4.69, 9.17) is 22.1 Å². The Balaban J connectivity index is 2.05. The van der Waals surface area contributed by atoms with E-state index in [0.29, 0.717) is 22.1 Å². The molecule has 0 heterocycles. The van der Waals surface area contributed by atoms with Crippen molar-refractivity contribution in [1.29, 1.82) is 0 Å². The molecule has 0 aliphatic carbocycles. The van der Waals surface area contributed by atoms with E-state index in [1.165, 1.54) is 0 Å². The molecule has 0 radical (unpaired) electrons. The Morgan fingerprint density at radius 3 is 2.64 bits per heavy atom. The van der Waals surface area contributed by atoms with Crippen LogP contribution in [0.5, 0.6) is 5.75 Å². The van der Waals surface area contributed by atoms with E-state index in [2.05, 4.69) is 5.32 Å². The maximum atomic E-state index is 12.2. The number of halogens is 1. The zero-order chi connectivity index (χ0) is 16.3. The topological polar surface area (TPSA) is 64.3 Å². The summed E-state index contributed by atoms with van der Waals surface area (Å²) in [6, 6.07) is 10.8. The first-order valence-electron chi connectivity index (χ1n) is 6.96. The molecule has 0 saturated heterocycles. The predicted molar refractivity (Wildman–Crippen MR) is 90.5 cm³/mol. The minimum atomic E-state index is -0.627. The fourth-order valence-corrected chi connectivity index (χ4v) is 2.06. The highest BCUT2D eigenvalue weighted by atomic mass is 35.5. The summed E-state index contributed by atoms with van der Waals surface area (Å²) < 4.78 is 5.74. The fourth-order valence-electron chi connectivity index (χ4n) is 1.94. The summed E-state index contributed by atoms with van der Waals surface area (Å²) in [5.74, 6) is 0.459. The third-order valence-electron chi connectivity index (χ3n) is 3.28. The number of hydrogen-bond acceptors (Lipinski definition) is 3. The van der Waals surface area contributed by atoms with Gasteiger partial charge in [0.25, 0.3) is 5.91 Å². The van der Waals surface area contributed by atoms with Crippen molar-refractivity contribution in [2.45, 2.75) is 26.9 Å². The molecule has 0 unspecified atom stereocenters. The molecule has 1 amide bonds.